The van der Waals surface area contributed by atoms with Crippen LogP contribution in [-0.2, 0) is 4.74 Å². The van der Waals surface area contributed by atoms with Crippen molar-refractivity contribution in [2.45, 2.75) is 25.7 Å². The summed E-state index contributed by atoms with van der Waals surface area (Å²) < 4.78 is 5.17. The minimum absolute atomic E-state index is 0.428. The molecule has 0 aromatic heterocycles. The smallest absolute Gasteiger partial charge is 0.0526 e. The average molecular weight is 160 g/mol. The molecule has 0 N–H and O–H groups in total. The van der Waals surface area contributed by atoms with Crippen molar-refractivity contribution in [3.63, 3.8) is 0 Å². The van der Waals surface area contributed by atoms with E-state index in [1.165, 1.54) is 25.7 Å². The van der Waals surface area contributed by atoms with Crippen molar-refractivity contribution in [3.8, 4) is 0 Å². The third-order valence-electron chi connectivity index (χ3n) is 2.45. The molecule has 0 atom stereocenters. The number of hydrogen-bond donors (Lipinski definition) is 1. The minimum atomic E-state index is 0.428. The molecule has 10 heavy (non-hydrogen) atoms. The summed E-state index contributed by atoms with van der Waals surface area (Å²) in [5.41, 5.74) is 0.428. The maximum atomic E-state index is 5.17. The van der Waals surface area contributed by atoms with E-state index in [2.05, 4.69) is 12.6 Å². The fourth-order valence-corrected chi connectivity index (χ4v) is 2.19. The molecule has 0 aromatic rings. The molecule has 0 spiro atoms. The van der Waals surface area contributed by atoms with E-state index in [0.29, 0.717) is 5.41 Å². The Kier molecular flexibility index (Phi) is 3.05. The minimum Gasteiger partial charge on any atom is -0.384 e. The summed E-state index contributed by atoms with van der Waals surface area (Å²) in [5.74, 6) is 0.987. The van der Waals surface area contributed by atoms with Gasteiger partial charge in [0.15, 0.2) is 0 Å². The zero-order valence-corrected chi connectivity index (χ0v) is 7.49. The van der Waals surface area contributed by atoms with Gasteiger partial charge in [0, 0.05) is 12.5 Å². The van der Waals surface area contributed by atoms with Crippen molar-refractivity contribution >= 4 is 12.6 Å². The normalized spacial score (nSPS) is 23.4. The first-order valence-electron chi connectivity index (χ1n) is 3.93. The monoisotopic (exact) mass is 160 g/mol. The lowest BCUT2D eigenvalue weighted by atomic mass is 9.90. The van der Waals surface area contributed by atoms with Crippen molar-refractivity contribution in [2.75, 3.05) is 19.5 Å². The zero-order chi connectivity index (χ0) is 7.45. The third-order valence-corrected chi connectivity index (χ3v) is 3.12. The summed E-state index contributed by atoms with van der Waals surface area (Å²) in [6, 6.07) is 0. The predicted octanol–water partition coefficient (Wildman–Crippen LogP) is 2.12. The topological polar surface area (TPSA) is 9.23 Å². The second kappa shape index (κ2) is 3.63. The molecule has 1 aliphatic carbocycles. The van der Waals surface area contributed by atoms with Gasteiger partial charge in [0.05, 0.1) is 6.61 Å². The molecular weight excluding hydrogens is 144 g/mol. The van der Waals surface area contributed by atoms with Crippen molar-refractivity contribution in [1.82, 2.24) is 0 Å². The summed E-state index contributed by atoms with van der Waals surface area (Å²) >= 11 is 4.36. The fraction of sp³-hybridized carbons (Fsp3) is 1.00. The molecule has 2 heteroatoms. The van der Waals surface area contributed by atoms with E-state index in [9.17, 15) is 0 Å². The first-order valence-corrected chi connectivity index (χ1v) is 4.56. The summed E-state index contributed by atoms with van der Waals surface area (Å²) in [4.78, 5) is 0. The van der Waals surface area contributed by atoms with E-state index in [4.69, 9.17) is 4.74 Å². The standard InChI is InChI=1S/C8H16OS/c1-9-6-8(7-10)4-2-3-5-8/h10H,2-7H2,1H3. The van der Waals surface area contributed by atoms with Gasteiger partial charge in [0.1, 0.15) is 0 Å². The molecule has 0 aromatic carbocycles. The lowest BCUT2D eigenvalue weighted by Gasteiger charge is -2.25. The molecule has 0 radical (unpaired) electrons. The summed E-state index contributed by atoms with van der Waals surface area (Å²) in [6.07, 6.45) is 5.35. The number of thiol groups is 1. The molecule has 1 aliphatic rings. The number of methoxy groups -OCH3 is 1. The van der Waals surface area contributed by atoms with E-state index in [1.807, 2.05) is 0 Å². The Morgan fingerprint density at radius 3 is 2.40 bits per heavy atom. The summed E-state index contributed by atoms with van der Waals surface area (Å²) in [6.45, 7) is 0.899. The van der Waals surface area contributed by atoms with Crippen LogP contribution in [0, 0.1) is 5.41 Å². The van der Waals surface area contributed by atoms with Crippen molar-refractivity contribution in [1.29, 1.82) is 0 Å². The van der Waals surface area contributed by atoms with Crippen LogP contribution >= 0.6 is 12.6 Å². The Balaban J connectivity index is 2.41. The summed E-state index contributed by atoms with van der Waals surface area (Å²) in [5, 5.41) is 0. The number of rotatable bonds is 3. The van der Waals surface area contributed by atoms with Crippen LogP contribution < -0.4 is 0 Å². The van der Waals surface area contributed by atoms with Crippen LogP contribution in [0.5, 0.6) is 0 Å². The number of ether oxygens (including phenoxy) is 1. The quantitative estimate of drug-likeness (QED) is 0.622. The SMILES string of the molecule is COCC1(CS)CCCC1. The van der Waals surface area contributed by atoms with Gasteiger partial charge in [0.2, 0.25) is 0 Å². The van der Waals surface area contributed by atoms with Gasteiger partial charge < -0.3 is 4.74 Å². The van der Waals surface area contributed by atoms with Crippen LogP contribution in [0.25, 0.3) is 0 Å². The zero-order valence-electron chi connectivity index (χ0n) is 6.60. The molecule has 0 aliphatic heterocycles. The molecule has 0 amide bonds. The van der Waals surface area contributed by atoms with Crippen molar-refractivity contribution in [3.05, 3.63) is 0 Å². The highest BCUT2D eigenvalue weighted by Gasteiger charge is 2.32. The van der Waals surface area contributed by atoms with E-state index < -0.39 is 0 Å². The van der Waals surface area contributed by atoms with Gasteiger partial charge in [-0.25, -0.2) is 0 Å². The van der Waals surface area contributed by atoms with Crippen molar-refractivity contribution in [2.24, 2.45) is 5.41 Å². The Bertz CT molecular complexity index is 97.4. The van der Waals surface area contributed by atoms with Crippen LogP contribution in [0.15, 0.2) is 0 Å². The van der Waals surface area contributed by atoms with Gasteiger partial charge in [0.25, 0.3) is 0 Å². The molecule has 0 bridgehead atoms. The Labute approximate surface area is 68.6 Å². The molecule has 0 unspecified atom stereocenters. The average Bonchev–Trinajstić information content (AvgIpc) is 2.39. The maximum Gasteiger partial charge on any atom is 0.0526 e. The second-order valence-corrected chi connectivity index (χ2v) is 3.61. The maximum absolute atomic E-state index is 5.17. The van der Waals surface area contributed by atoms with Gasteiger partial charge in [-0.05, 0) is 18.6 Å². The van der Waals surface area contributed by atoms with E-state index >= 15 is 0 Å². The lowest BCUT2D eigenvalue weighted by molar-refractivity contribution is 0.100. The third kappa shape index (κ3) is 1.67. The van der Waals surface area contributed by atoms with Crippen molar-refractivity contribution < 1.29 is 4.74 Å². The van der Waals surface area contributed by atoms with Crippen LogP contribution in [0.2, 0.25) is 0 Å². The highest BCUT2D eigenvalue weighted by Crippen LogP contribution is 2.38. The Hall–Kier alpha value is 0.310. The molecule has 1 nitrogen and oxygen atoms in total. The lowest BCUT2D eigenvalue weighted by Crippen LogP contribution is -2.24. The molecule has 1 rings (SSSR count). The highest BCUT2D eigenvalue weighted by atomic mass is 32.1. The van der Waals surface area contributed by atoms with E-state index in [0.717, 1.165) is 12.4 Å². The molecular formula is C8H16OS. The largest absolute Gasteiger partial charge is 0.384 e. The molecule has 0 heterocycles. The van der Waals surface area contributed by atoms with Gasteiger partial charge in [-0.3, -0.25) is 0 Å². The highest BCUT2D eigenvalue weighted by molar-refractivity contribution is 7.80. The van der Waals surface area contributed by atoms with Crippen LogP contribution in [-0.4, -0.2) is 19.5 Å². The first kappa shape index (κ1) is 8.41. The van der Waals surface area contributed by atoms with Gasteiger partial charge >= 0.3 is 0 Å². The van der Waals surface area contributed by atoms with Crippen LogP contribution in [0.4, 0.5) is 0 Å². The van der Waals surface area contributed by atoms with Crippen LogP contribution in [0.1, 0.15) is 25.7 Å². The summed E-state index contributed by atoms with van der Waals surface area (Å²) in [7, 11) is 1.78. The van der Waals surface area contributed by atoms with E-state index in [-0.39, 0.29) is 0 Å². The molecule has 1 saturated carbocycles. The van der Waals surface area contributed by atoms with Gasteiger partial charge in [-0.1, -0.05) is 12.8 Å². The molecule has 1 fully saturated rings. The molecule has 0 saturated heterocycles. The van der Waals surface area contributed by atoms with Gasteiger partial charge in [-0.2, -0.15) is 12.6 Å². The van der Waals surface area contributed by atoms with Crippen LogP contribution in [0.3, 0.4) is 0 Å². The van der Waals surface area contributed by atoms with E-state index in [1.54, 1.807) is 7.11 Å². The molecule has 60 valence electrons. The number of hydrogen-bond acceptors (Lipinski definition) is 2. The Morgan fingerprint density at radius 1 is 1.40 bits per heavy atom. The van der Waals surface area contributed by atoms with Gasteiger partial charge in [-0.15, -0.1) is 0 Å². The first-order chi connectivity index (χ1) is 4.83. The fourth-order valence-electron chi connectivity index (χ4n) is 1.78. The second-order valence-electron chi connectivity index (χ2n) is 3.30. The Morgan fingerprint density at radius 2 is 2.00 bits per heavy atom. The predicted molar refractivity (Wildman–Crippen MR) is 46.6 cm³/mol.